The Morgan fingerprint density at radius 1 is 1.21 bits per heavy atom. The van der Waals surface area contributed by atoms with Gasteiger partial charge in [0.1, 0.15) is 17.3 Å². The van der Waals surface area contributed by atoms with Crippen molar-refractivity contribution < 1.29 is 13.9 Å². The first kappa shape index (κ1) is 22.9. The number of carbonyl (C=O) groups is 1. The van der Waals surface area contributed by atoms with Crippen LogP contribution in [0.4, 0.5) is 0 Å². The largest absolute Gasteiger partial charge is 0.495 e. The number of fused-ring (bicyclic) bond motifs is 1. The third-order valence-corrected chi connectivity index (χ3v) is 6.30. The molecular weight excluding hydrogens is 462 g/mol. The average molecular weight is 484 g/mol. The predicted molar refractivity (Wildman–Crippen MR) is 130 cm³/mol. The molecule has 0 fully saturated rings. The second-order valence-electron chi connectivity index (χ2n) is 7.42. The van der Waals surface area contributed by atoms with Crippen LogP contribution in [0.5, 0.6) is 5.75 Å². The quantitative estimate of drug-likeness (QED) is 0.280. The number of thioether (sulfide) groups is 1. The van der Waals surface area contributed by atoms with Crippen LogP contribution in [-0.4, -0.2) is 40.3 Å². The number of hydrogen-bond acceptors (Lipinski definition) is 6. The van der Waals surface area contributed by atoms with E-state index in [0.717, 1.165) is 5.76 Å². The molecule has 2 heterocycles. The third-order valence-electron chi connectivity index (χ3n) is 5.08. The minimum absolute atomic E-state index is 0.102. The zero-order valence-corrected chi connectivity index (χ0v) is 19.9. The van der Waals surface area contributed by atoms with Crippen molar-refractivity contribution in [3.8, 4) is 11.4 Å². The summed E-state index contributed by atoms with van der Waals surface area (Å²) in [7, 11) is 3.24. The normalized spacial score (nSPS) is 11.0. The summed E-state index contributed by atoms with van der Waals surface area (Å²) in [5.41, 5.74) is 0.863. The average Bonchev–Trinajstić information content (AvgIpc) is 3.21. The maximum Gasteiger partial charge on any atom is 0.266 e. The van der Waals surface area contributed by atoms with E-state index in [2.05, 4.69) is 4.98 Å². The molecular formula is C24H22ClN3O4S. The molecule has 0 saturated carbocycles. The number of aromatic nitrogens is 2. The Morgan fingerprint density at radius 3 is 2.70 bits per heavy atom. The molecule has 0 saturated heterocycles. The fourth-order valence-corrected chi connectivity index (χ4v) is 4.56. The Morgan fingerprint density at radius 2 is 2.00 bits per heavy atom. The molecule has 0 bridgehead atoms. The predicted octanol–water partition coefficient (Wildman–Crippen LogP) is 4.70. The molecule has 4 rings (SSSR count). The number of ether oxygens (including phenoxy) is 1. The van der Waals surface area contributed by atoms with Crippen LogP contribution in [0.3, 0.4) is 0 Å². The lowest BCUT2D eigenvalue weighted by Crippen LogP contribution is -2.28. The maximum absolute atomic E-state index is 13.4. The third kappa shape index (κ3) is 4.91. The van der Waals surface area contributed by atoms with Gasteiger partial charge in [-0.1, -0.05) is 35.5 Å². The molecule has 0 radical (unpaired) electrons. The van der Waals surface area contributed by atoms with Gasteiger partial charge in [-0.25, -0.2) is 4.98 Å². The van der Waals surface area contributed by atoms with Crippen LogP contribution in [0.15, 0.2) is 69.0 Å². The number of nitrogens with zero attached hydrogens (tertiary/aromatic N) is 3. The Kier molecular flexibility index (Phi) is 6.76. The van der Waals surface area contributed by atoms with Crippen molar-refractivity contribution in [2.24, 2.45) is 0 Å². The van der Waals surface area contributed by atoms with Crippen molar-refractivity contribution in [1.29, 1.82) is 0 Å². The van der Waals surface area contributed by atoms with Gasteiger partial charge in [0.15, 0.2) is 5.16 Å². The number of rotatable bonds is 7. The van der Waals surface area contributed by atoms with Crippen LogP contribution < -0.4 is 10.3 Å². The van der Waals surface area contributed by atoms with Gasteiger partial charge in [0, 0.05) is 7.05 Å². The molecule has 7 nitrogen and oxygen atoms in total. The lowest BCUT2D eigenvalue weighted by molar-refractivity contribution is -0.127. The molecule has 0 aliphatic heterocycles. The maximum atomic E-state index is 13.4. The van der Waals surface area contributed by atoms with Crippen molar-refractivity contribution in [3.63, 3.8) is 0 Å². The minimum Gasteiger partial charge on any atom is -0.495 e. The van der Waals surface area contributed by atoms with E-state index in [4.69, 9.17) is 20.8 Å². The minimum atomic E-state index is -0.240. The van der Waals surface area contributed by atoms with Crippen LogP contribution in [0.1, 0.15) is 11.5 Å². The molecule has 33 heavy (non-hydrogen) atoms. The molecule has 0 atom stereocenters. The highest BCUT2D eigenvalue weighted by Crippen LogP contribution is 2.28. The summed E-state index contributed by atoms with van der Waals surface area (Å²) in [6.45, 7) is 2.22. The number of halogens is 1. The SMILES string of the molecule is COc1ccc(-n2c(SCC(=O)N(C)Cc3ccc(C)o3)nc3ccccc3c2=O)cc1Cl. The van der Waals surface area contributed by atoms with Crippen LogP contribution in [0.2, 0.25) is 5.02 Å². The van der Waals surface area contributed by atoms with Gasteiger partial charge in [-0.2, -0.15) is 0 Å². The van der Waals surface area contributed by atoms with E-state index in [-0.39, 0.29) is 17.2 Å². The van der Waals surface area contributed by atoms with Crippen LogP contribution >= 0.6 is 23.4 Å². The molecule has 1 amide bonds. The number of methoxy groups -OCH3 is 1. The van der Waals surface area contributed by atoms with Crippen LogP contribution in [-0.2, 0) is 11.3 Å². The first-order chi connectivity index (χ1) is 15.9. The number of hydrogen-bond donors (Lipinski definition) is 0. The van der Waals surface area contributed by atoms with Gasteiger partial charge in [0.25, 0.3) is 5.56 Å². The summed E-state index contributed by atoms with van der Waals surface area (Å²) in [6, 6.07) is 15.9. The zero-order chi connectivity index (χ0) is 23.5. The number of amides is 1. The Balaban J connectivity index is 1.66. The van der Waals surface area contributed by atoms with Gasteiger partial charge in [-0.05, 0) is 49.4 Å². The number of para-hydroxylation sites is 1. The summed E-state index contributed by atoms with van der Waals surface area (Å²) >= 11 is 7.51. The summed E-state index contributed by atoms with van der Waals surface area (Å²) in [5, 5.41) is 1.25. The number of benzene rings is 2. The molecule has 170 valence electrons. The first-order valence-corrected chi connectivity index (χ1v) is 11.5. The van der Waals surface area contributed by atoms with Crippen molar-refractivity contribution in [2.45, 2.75) is 18.6 Å². The van der Waals surface area contributed by atoms with Crippen molar-refractivity contribution in [2.75, 3.05) is 19.9 Å². The van der Waals surface area contributed by atoms with Crippen LogP contribution in [0, 0.1) is 6.92 Å². The lowest BCUT2D eigenvalue weighted by Gasteiger charge is -2.17. The highest BCUT2D eigenvalue weighted by Gasteiger charge is 2.18. The smallest absolute Gasteiger partial charge is 0.266 e. The van der Waals surface area contributed by atoms with E-state index in [1.165, 1.54) is 23.4 Å². The number of furan rings is 1. The second kappa shape index (κ2) is 9.72. The number of aryl methyl sites for hydroxylation is 1. The molecule has 0 spiro atoms. The molecule has 0 aliphatic carbocycles. The molecule has 0 aliphatic rings. The molecule has 4 aromatic rings. The molecule has 0 unspecified atom stereocenters. The van der Waals surface area contributed by atoms with E-state index in [1.54, 1.807) is 48.3 Å². The van der Waals surface area contributed by atoms with Gasteiger partial charge in [-0.15, -0.1) is 0 Å². The van der Waals surface area contributed by atoms with Gasteiger partial charge < -0.3 is 14.1 Å². The van der Waals surface area contributed by atoms with E-state index in [0.29, 0.717) is 44.8 Å². The summed E-state index contributed by atoms with van der Waals surface area (Å²) in [6.07, 6.45) is 0. The first-order valence-electron chi connectivity index (χ1n) is 10.1. The number of carbonyl (C=O) groups excluding carboxylic acids is 1. The highest BCUT2D eigenvalue weighted by molar-refractivity contribution is 7.99. The van der Waals surface area contributed by atoms with Gasteiger partial charge in [0.2, 0.25) is 5.91 Å². The highest BCUT2D eigenvalue weighted by atomic mass is 35.5. The molecule has 2 aromatic heterocycles. The zero-order valence-electron chi connectivity index (χ0n) is 18.4. The molecule has 9 heteroatoms. The lowest BCUT2D eigenvalue weighted by atomic mass is 10.2. The van der Waals surface area contributed by atoms with Crippen molar-refractivity contribution >= 4 is 40.2 Å². The van der Waals surface area contributed by atoms with E-state index >= 15 is 0 Å². The fraction of sp³-hybridized carbons (Fsp3) is 0.208. The Bertz CT molecular complexity index is 1380. The standard InChI is InChI=1S/C24H22ClN3O4S/c1-15-8-10-17(32-15)13-27(2)22(29)14-33-24-26-20-7-5-4-6-18(20)23(30)28(24)16-9-11-21(31-3)19(25)12-16/h4-12H,13-14H2,1-3H3. The topological polar surface area (TPSA) is 77.6 Å². The second-order valence-corrected chi connectivity index (χ2v) is 8.77. The van der Waals surface area contributed by atoms with Crippen molar-refractivity contribution in [1.82, 2.24) is 14.5 Å². The summed E-state index contributed by atoms with van der Waals surface area (Å²) < 4.78 is 12.3. The van der Waals surface area contributed by atoms with Crippen LogP contribution in [0.25, 0.3) is 16.6 Å². The Hall–Kier alpha value is -3.23. The van der Waals surface area contributed by atoms with Gasteiger partial charge >= 0.3 is 0 Å². The van der Waals surface area contributed by atoms with E-state index < -0.39 is 0 Å². The van der Waals surface area contributed by atoms with E-state index in [1.807, 2.05) is 25.1 Å². The molecule has 0 N–H and O–H groups in total. The van der Waals surface area contributed by atoms with Crippen molar-refractivity contribution in [3.05, 3.63) is 81.5 Å². The summed E-state index contributed by atoms with van der Waals surface area (Å²) in [4.78, 5) is 32.4. The van der Waals surface area contributed by atoms with Gasteiger partial charge in [-0.3, -0.25) is 14.2 Å². The molecule has 2 aromatic carbocycles. The Labute approximate surface area is 199 Å². The fourth-order valence-electron chi connectivity index (χ4n) is 3.36. The van der Waals surface area contributed by atoms with Gasteiger partial charge in [0.05, 0.1) is 41.0 Å². The monoisotopic (exact) mass is 483 g/mol. The summed E-state index contributed by atoms with van der Waals surface area (Å²) in [5.74, 6) is 1.99. The van der Waals surface area contributed by atoms with E-state index in [9.17, 15) is 9.59 Å².